The zero-order valence-electron chi connectivity index (χ0n) is 8.03. The molecular formula is C9H6F5NO. The number of allylic oxidation sites excluding steroid dienone is 2. The van der Waals surface area contributed by atoms with Gasteiger partial charge in [0.2, 0.25) is 11.8 Å². The molecule has 0 bridgehead atoms. The van der Waals surface area contributed by atoms with E-state index in [0.717, 1.165) is 6.07 Å². The average Bonchev–Trinajstić information content (AvgIpc) is 2.30. The summed E-state index contributed by atoms with van der Waals surface area (Å²) in [7, 11) is 0. The van der Waals surface area contributed by atoms with Crippen LogP contribution in [0.5, 0.6) is 0 Å². The van der Waals surface area contributed by atoms with Gasteiger partial charge in [0.1, 0.15) is 6.07 Å². The van der Waals surface area contributed by atoms with Crippen molar-refractivity contribution in [3.05, 3.63) is 23.3 Å². The standard InChI is InChI=1S/C9H6F5NO/c1-2-16-9(3-15)7(13)5(11)4(10)6(12)8(9)14/h7H,2H2,1H3. The minimum absolute atomic E-state index is 0.371. The topological polar surface area (TPSA) is 33.0 Å². The van der Waals surface area contributed by atoms with Crippen LogP contribution >= 0.6 is 0 Å². The third kappa shape index (κ3) is 1.50. The maximum atomic E-state index is 13.3. The van der Waals surface area contributed by atoms with Crippen LogP contribution in [0.3, 0.4) is 0 Å². The summed E-state index contributed by atoms with van der Waals surface area (Å²) in [6.45, 7) is 0.896. The predicted octanol–water partition coefficient (Wildman–Crippen LogP) is 2.94. The average molecular weight is 239 g/mol. The summed E-state index contributed by atoms with van der Waals surface area (Å²) in [4.78, 5) is 0. The molecule has 1 aliphatic rings. The lowest BCUT2D eigenvalue weighted by Gasteiger charge is -2.30. The molecular weight excluding hydrogens is 233 g/mol. The van der Waals surface area contributed by atoms with E-state index in [1.807, 2.05) is 0 Å². The van der Waals surface area contributed by atoms with E-state index in [1.165, 1.54) is 6.92 Å². The Labute approximate surface area is 87.6 Å². The Kier molecular flexibility index (Phi) is 3.33. The van der Waals surface area contributed by atoms with Crippen molar-refractivity contribution in [1.29, 1.82) is 5.26 Å². The number of ether oxygens (including phenoxy) is 1. The van der Waals surface area contributed by atoms with E-state index < -0.39 is 35.1 Å². The zero-order chi connectivity index (χ0) is 12.5. The van der Waals surface area contributed by atoms with Crippen LogP contribution in [0.15, 0.2) is 23.3 Å². The van der Waals surface area contributed by atoms with E-state index in [-0.39, 0.29) is 6.61 Å². The Morgan fingerprint density at radius 1 is 1.31 bits per heavy atom. The lowest BCUT2D eigenvalue weighted by atomic mass is 9.91. The highest BCUT2D eigenvalue weighted by atomic mass is 19.2. The first-order chi connectivity index (χ1) is 7.42. The van der Waals surface area contributed by atoms with Crippen molar-refractivity contribution in [2.75, 3.05) is 6.61 Å². The zero-order valence-corrected chi connectivity index (χ0v) is 8.03. The van der Waals surface area contributed by atoms with Crippen LogP contribution in [0.4, 0.5) is 22.0 Å². The van der Waals surface area contributed by atoms with Crippen molar-refractivity contribution >= 4 is 0 Å². The number of alkyl halides is 1. The van der Waals surface area contributed by atoms with Crippen molar-refractivity contribution in [3.63, 3.8) is 0 Å². The fourth-order valence-corrected chi connectivity index (χ4v) is 1.27. The Bertz CT molecular complexity index is 411. The van der Waals surface area contributed by atoms with Gasteiger partial charge in [0.15, 0.2) is 23.3 Å². The maximum Gasteiger partial charge on any atom is 0.247 e. The molecule has 0 aromatic carbocycles. The number of hydrogen-bond acceptors (Lipinski definition) is 2. The van der Waals surface area contributed by atoms with Gasteiger partial charge in [-0.1, -0.05) is 0 Å². The maximum absolute atomic E-state index is 13.3. The Hall–Kier alpha value is -1.42. The molecule has 0 saturated heterocycles. The van der Waals surface area contributed by atoms with Crippen molar-refractivity contribution < 1.29 is 26.7 Å². The van der Waals surface area contributed by atoms with Gasteiger partial charge in [-0.05, 0) is 6.92 Å². The molecule has 2 atom stereocenters. The molecule has 1 rings (SSSR count). The third-order valence-electron chi connectivity index (χ3n) is 2.04. The molecule has 0 fully saturated rings. The summed E-state index contributed by atoms with van der Waals surface area (Å²) in [5.74, 6) is -8.81. The van der Waals surface area contributed by atoms with Crippen LogP contribution in [-0.4, -0.2) is 18.4 Å². The molecule has 2 unspecified atom stereocenters. The van der Waals surface area contributed by atoms with Crippen LogP contribution in [0.1, 0.15) is 6.92 Å². The summed E-state index contributed by atoms with van der Waals surface area (Å²) in [6.07, 6.45) is -3.03. The van der Waals surface area contributed by atoms with Crippen molar-refractivity contribution in [3.8, 4) is 6.07 Å². The predicted molar refractivity (Wildman–Crippen MR) is 43.4 cm³/mol. The summed E-state index contributed by atoms with van der Waals surface area (Å²) < 4.78 is 69.2. The smallest absolute Gasteiger partial charge is 0.247 e. The second-order valence-electron chi connectivity index (χ2n) is 2.93. The number of hydrogen-bond donors (Lipinski definition) is 0. The SMILES string of the molecule is CCOC1(C#N)C(F)=C(F)C(F)=C(F)C1F. The molecule has 16 heavy (non-hydrogen) atoms. The minimum Gasteiger partial charge on any atom is -0.351 e. The second-order valence-corrected chi connectivity index (χ2v) is 2.93. The summed E-state index contributed by atoms with van der Waals surface area (Å²) in [6, 6.07) is 0.988. The minimum atomic E-state index is -3.08. The van der Waals surface area contributed by atoms with E-state index in [4.69, 9.17) is 5.26 Å². The third-order valence-corrected chi connectivity index (χ3v) is 2.04. The lowest BCUT2D eigenvalue weighted by Crippen LogP contribution is -2.45. The molecule has 0 spiro atoms. The fraction of sp³-hybridized carbons (Fsp3) is 0.444. The number of rotatable bonds is 2. The molecule has 0 saturated carbocycles. The molecule has 0 aromatic rings. The van der Waals surface area contributed by atoms with Gasteiger partial charge < -0.3 is 4.74 Å². The van der Waals surface area contributed by atoms with Crippen molar-refractivity contribution in [2.24, 2.45) is 0 Å². The molecule has 0 amide bonds. The van der Waals surface area contributed by atoms with Gasteiger partial charge >= 0.3 is 0 Å². The van der Waals surface area contributed by atoms with Gasteiger partial charge in [0.25, 0.3) is 0 Å². The Morgan fingerprint density at radius 3 is 2.31 bits per heavy atom. The van der Waals surface area contributed by atoms with Crippen LogP contribution in [-0.2, 0) is 4.74 Å². The number of nitrogens with zero attached hydrogens (tertiary/aromatic N) is 1. The van der Waals surface area contributed by atoms with Crippen molar-refractivity contribution in [1.82, 2.24) is 0 Å². The monoisotopic (exact) mass is 239 g/mol. The molecule has 0 aromatic heterocycles. The second kappa shape index (κ2) is 4.22. The molecule has 7 heteroatoms. The fourth-order valence-electron chi connectivity index (χ4n) is 1.27. The lowest BCUT2D eigenvalue weighted by molar-refractivity contribution is -0.0393. The van der Waals surface area contributed by atoms with Crippen LogP contribution in [0.2, 0.25) is 0 Å². The van der Waals surface area contributed by atoms with E-state index in [2.05, 4.69) is 4.74 Å². The molecule has 0 heterocycles. The van der Waals surface area contributed by atoms with Gasteiger partial charge in [-0.15, -0.1) is 0 Å². The normalized spacial score (nSPS) is 30.7. The van der Waals surface area contributed by atoms with Gasteiger partial charge in [-0.25, -0.2) is 22.0 Å². The summed E-state index contributed by atoms with van der Waals surface area (Å²) in [5, 5.41) is 8.57. The van der Waals surface area contributed by atoms with Gasteiger partial charge in [0, 0.05) is 6.61 Å². The highest BCUT2D eigenvalue weighted by Gasteiger charge is 2.55. The summed E-state index contributed by atoms with van der Waals surface area (Å²) >= 11 is 0. The van der Waals surface area contributed by atoms with E-state index in [9.17, 15) is 22.0 Å². The Morgan fingerprint density at radius 2 is 1.88 bits per heavy atom. The molecule has 0 aliphatic heterocycles. The van der Waals surface area contributed by atoms with E-state index >= 15 is 0 Å². The van der Waals surface area contributed by atoms with Gasteiger partial charge in [0.05, 0.1) is 0 Å². The van der Waals surface area contributed by atoms with Gasteiger partial charge in [-0.3, -0.25) is 0 Å². The first kappa shape index (κ1) is 12.6. The van der Waals surface area contributed by atoms with Crippen molar-refractivity contribution in [2.45, 2.75) is 18.7 Å². The quantitative estimate of drug-likeness (QED) is 0.694. The number of nitriles is 1. The highest BCUT2D eigenvalue weighted by molar-refractivity contribution is 5.43. The van der Waals surface area contributed by atoms with E-state index in [1.54, 1.807) is 0 Å². The first-order valence-electron chi connectivity index (χ1n) is 4.23. The van der Waals surface area contributed by atoms with Crippen LogP contribution in [0, 0.1) is 11.3 Å². The molecule has 0 N–H and O–H groups in total. The van der Waals surface area contributed by atoms with Gasteiger partial charge in [-0.2, -0.15) is 5.26 Å². The van der Waals surface area contributed by atoms with Crippen LogP contribution < -0.4 is 0 Å². The largest absolute Gasteiger partial charge is 0.351 e. The molecule has 0 radical (unpaired) electrons. The summed E-state index contributed by atoms with van der Waals surface area (Å²) in [5.41, 5.74) is -3.08. The molecule has 1 aliphatic carbocycles. The Balaban J connectivity index is 3.40. The first-order valence-corrected chi connectivity index (χ1v) is 4.23. The highest BCUT2D eigenvalue weighted by Crippen LogP contribution is 2.43. The van der Waals surface area contributed by atoms with Crippen LogP contribution in [0.25, 0.3) is 0 Å². The van der Waals surface area contributed by atoms with E-state index in [0.29, 0.717) is 0 Å². The number of halogens is 5. The molecule has 2 nitrogen and oxygen atoms in total. The molecule has 88 valence electrons.